The molecule has 9 heteroatoms. The van der Waals surface area contributed by atoms with Gasteiger partial charge >= 0.3 is 0 Å². The normalized spacial score (nSPS) is 10.6. The highest BCUT2D eigenvalue weighted by Gasteiger charge is 2.09. The van der Waals surface area contributed by atoms with E-state index in [9.17, 15) is 14.0 Å². The third-order valence-corrected chi connectivity index (χ3v) is 4.18. The number of hydrogen-bond donors (Lipinski definition) is 2. The Morgan fingerprint density at radius 1 is 1.27 bits per heavy atom. The molecule has 0 saturated heterocycles. The van der Waals surface area contributed by atoms with Crippen molar-refractivity contribution in [2.75, 3.05) is 13.7 Å². The van der Waals surface area contributed by atoms with Gasteiger partial charge in [-0.2, -0.15) is 5.10 Å². The van der Waals surface area contributed by atoms with Crippen LogP contribution in [0.15, 0.2) is 50.4 Å². The Hall–Kier alpha value is -2.26. The van der Waals surface area contributed by atoms with Crippen molar-refractivity contribution in [1.82, 2.24) is 10.7 Å². The van der Waals surface area contributed by atoms with E-state index in [4.69, 9.17) is 4.74 Å². The van der Waals surface area contributed by atoms with Crippen molar-refractivity contribution in [2.24, 2.45) is 5.10 Å². The highest BCUT2D eigenvalue weighted by Crippen LogP contribution is 2.31. The first kappa shape index (κ1) is 20.1. The van der Waals surface area contributed by atoms with Gasteiger partial charge in [-0.15, -0.1) is 0 Å². The molecule has 0 heterocycles. The molecule has 0 aromatic heterocycles. The number of amides is 2. The van der Waals surface area contributed by atoms with E-state index in [2.05, 4.69) is 47.7 Å². The number of benzene rings is 2. The second-order valence-electron chi connectivity index (χ2n) is 5.00. The van der Waals surface area contributed by atoms with Gasteiger partial charge in [0.25, 0.3) is 11.8 Å². The van der Waals surface area contributed by atoms with Crippen LogP contribution in [-0.2, 0) is 4.79 Å². The molecule has 0 aliphatic rings. The van der Waals surface area contributed by atoms with Gasteiger partial charge in [-0.05, 0) is 46.3 Å². The van der Waals surface area contributed by atoms with Gasteiger partial charge in [-0.25, -0.2) is 9.82 Å². The van der Waals surface area contributed by atoms with Crippen LogP contribution in [0.1, 0.15) is 15.9 Å². The number of rotatable bonds is 6. The van der Waals surface area contributed by atoms with Crippen molar-refractivity contribution >= 4 is 49.9 Å². The van der Waals surface area contributed by atoms with Gasteiger partial charge in [-0.3, -0.25) is 9.59 Å². The molecule has 6 nitrogen and oxygen atoms in total. The lowest BCUT2D eigenvalue weighted by Gasteiger charge is -2.08. The molecule has 2 amide bonds. The average molecular weight is 487 g/mol. The van der Waals surface area contributed by atoms with Crippen LogP contribution in [0.3, 0.4) is 0 Å². The summed E-state index contributed by atoms with van der Waals surface area (Å²) in [5.74, 6) is -1.05. The molecule has 0 aliphatic heterocycles. The second kappa shape index (κ2) is 9.44. The molecule has 0 unspecified atom stereocenters. The number of carbonyl (C=O) groups is 2. The standard InChI is InChI=1S/C17H14Br2FN3O3/c1-26-16-11(5-12(18)7-14(16)19)8-22-23-15(24)9-21-17(25)10-3-2-4-13(20)6-10/h2-8H,9H2,1H3,(H,21,25)(H,23,24). The van der Waals surface area contributed by atoms with Crippen molar-refractivity contribution < 1.29 is 18.7 Å². The van der Waals surface area contributed by atoms with Crippen LogP contribution in [-0.4, -0.2) is 31.7 Å². The minimum absolute atomic E-state index is 0.130. The fourth-order valence-electron chi connectivity index (χ4n) is 2.00. The van der Waals surface area contributed by atoms with Gasteiger partial charge in [0.15, 0.2) is 0 Å². The predicted octanol–water partition coefficient (Wildman–Crippen LogP) is 3.24. The maximum Gasteiger partial charge on any atom is 0.259 e. The molecule has 2 aromatic rings. The molecule has 0 saturated carbocycles. The molecule has 2 N–H and O–H groups in total. The third-order valence-electron chi connectivity index (χ3n) is 3.13. The lowest BCUT2D eigenvalue weighted by atomic mass is 10.2. The van der Waals surface area contributed by atoms with E-state index in [0.717, 1.165) is 15.0 Å². The van der Waals surface area contributed by atoms with Gasteiger partial charge in [0, 0.05) is 15.6 Å². The van der Waals surface area contributed by atoms with Gasteiger partial charge in [-0.1, -0.05) is 22.0 Å². The summed E-state index contributed by atoms with van der Waals surface area (Å²) in [6.07, 6.45) is 1.42. The number of hydrogen-bond acceptors (Lipinski definition) is 4. The number of nitrogens with zero attached hydrogens (tertiary/aromatic N) is 1. The fourth-order valence-corrected chi connectivity index (χ4v) is 3.42. The van der Waals surface area contributed by atoms with E-state index in [0.29, 0.717) is 11.3 Å². The summed E-state index contributed by atoms with van der Waals surface area (Å²) in [6.45, 7) is -0.300. The molecule has 0 atom stereocenters. The van der Waals surface area contributed by atoms with Crippen molar-refractivity contribution in [3.05, 3.63) is 62.3 Å². The quantitative estimate of drug-likeness (QED) is 0.486. The molecule has 0 fully saturated rings. The summed E-state index contributed by atoms with van der Waals surface area (Å²) >= 11 is 6.73. The number of methoxy groups -OCH3 is 1. The minimum Gasteiger partial charge on any atom is -0.495 e. The number of halogens is 3. The van der Waals surface area contributed by atoms with Crippen LogP contribution in [0.2, 0.25) is 0 Å². The molecule has 0 spiro atoms. The maximum atomic E-state index is 13.1. The zero-order valence-corrected chi connectivity index (χ0v) is 16.7. The fraction of sp³-hybridized carbons (Fsp3) is 0.118. The van der Waals surface area contributed by atoms with E-state index >= 15 is 0 Å². The maximum absolute atomic E-state index is 13.1. The summed E-state index contributed by atoms with van der Waals surface area (Å²) in [5, 5.41) is 6.22. The lowest BCUT2D eigenvalue weighted by molar-refractivity contribution is -0.120. The Kier molecular flexibility index (Phi) is 7.28. The van der Waals surface area contributed by atoms with Crippen LogP contribution in [0.25, 0.3) is 0 Å². The van der Waals surface area contributed by atoms with E-state index < -0.39 is 17.6 Å². The number of nitrogens with one attached hydrogen (secondary N) is 2. The first-order valence-electron chi connectivity index (χ1n) is 7.29. The number of ether oxygens (including phenoxy) is 1. The smallest absolute Gasteiger partial charge is 0.259 e. The van der Waals surface area contributed by atoms with Crippen LogP contribution >= 0.6 is 31.9 Å². The van der Waals surface area contributed by atoms with E-state index in [-0.39, 0.29) is 12.1 Å². The topological polar surface area (TPSA) is 79.8 Å². The molecular formula is C17H14Br2FN3O3. The van der Waals surface area contributed by atoms with E-state index in [1.807, 2.05) is 6.07 Å². The molecule has 2 aromatic carbocycles. The summed E-state index contributed by atoms with van der Waals surface area (Å²) < 4.78 is 19.9. The van der Waals surface area contributed by atoms with Crippen molar-refractivity contribution in [2.45, 2.75) is 0 Å². The van der Waals surface area contributed by atoms with Gasteiger partial charge in [0.1, 0.15) is 11.6 Å². The first-order valence-corrected chi connectivity index (χ1v) is 8.88. The Balaban J connectivity index is 1.91. The Morgan fingerprint density at radius 2 is 2.04 bits per heavy atom. The van der Waals surface area contributed by atoms with E-state index in [1.165, 1.54) is 31.5 Å². The zero-order chi connectivity index (χ0) is 19.1. The van der Waals surface area contributed by atoms with E-state index in [1.54, 1.807) is 6.07 Å². The first-order chi connectivity index (χ1) is 12.4. The zero-order valence-electron chi connectivity index (χ0n) is 13.6. The van der Waals surface area contributed by atoms with Gasteiger partial charge in [0.05, 0.1) is 24.3 Å². The largest absolute Gasteiger partial charge is 0.495 e. The highest BCUT2D eigenvalue weighted by atomic mass is 79.9. The van der Waals surface area contributed by atoms with Gasteiger partial charge in [0.2, 0.25) is 0 Å². The Morgan fingerprint density at radius 3 is 2.73 bits per heavy atom. The Bertz CT molecular complexity index is 859. The summed E-state index contributed by atoms with van der Waals surface area (Å²) in [4.78, 5) is 23.6. The summed E-state index contributed by atoms with van der Waals surface area (Å²) in [7, 11) is 1.52. The molecule has 0 radical (unpaired) electrons. The highest BCUT2D eigenvalue weighted by molar-refractivity contribution is 9.11. The molecule has 136 valence electrons. The molecule has 26 heavy (non-hydrogen) atoms. The number of carbonyl (C=O) groups excluding carboxylic acids is 2. The van der Waals surface area contributed by atoms with Gasteiger partial charge < -0.3 is 10.1 Å². The van der Waals surface area contributed by atoms with Crippen LogP contribution in [0, 0.1) is 5.82 Å². The average Bonchev–Trinajstić information content (AvgIpc) is 2.59. The Labute approximate surface area is 166 Å². The van der Waals surface area contributed by atoms with Crippen LogP contribution in [0.5, 0.6) is 5.75 Å². The van der Waals surface area contributed by atoms with Crippen LogP contribution < -0.4 is 15.5 Å². The molecular weight excluding hydrogens is 473 g/mol. The minimum atomic E-state index is -0.554. The van der Waals surface area contributed by atoms with Crippen molar-refractivity contribution in [1.29, 1.82) is 0 Å². The van der Waals surface area contributed by atoms with Crippen molar-refractivity contribution in [3.8, 4) is 5.75 Å². The molecule has 0 aliphatic carbocycles. The SMILES string of the molecule is COc1c(Br)cc(Br)cc1C=NNC(=O)CNC(=O)c1cccc(F)c1. The second-order valence-corrected chi connectivity index (χ2v) is 6.77. The van der Waals surface area contributed by atoms with Crippen molar-refractivity contribution in [3.63, 3.8) is 0 Å². The van der Waals surface area contributed by atoms with Crippen LogP contribution in [0.4, 0.5) is 4.39 Å². The summed E-state index contributed by atoms with van der Waals surface area (Å²) in [6, 6.07) is 8.77. The molecule has 0 bridgehead atoms. The number of hydrazone groups is 1. The third kappa shape index (κ3) is 5.63. The molecule has 2 rings (SSSR count). The monoisotopic (exact) mass is 485 g/mol. The lowest BCUT2D eigenvalue weighted by Crippen LogP contribution is -2.34. The summed E-state index contributed by atoms with van der Waals surface area (Å²) in [5.41, 5.74) is 3.06. The predicted molar refractivity (Wildman–Crippen MR) is 103 cm³/mol.